The normalized spacial score (nSPS) is 12.0. The Kier molecular flexibility index (Phi) is 7.25. The predicted octanol–water partition coefficient (Wildman–Crippen LogP) is 4.21. The number of halogens is 1. The Hall–Kier alpha value is -1.83. The van der Waals surface area contributed by atoms with Crippen LogP contribution in [0.15, 0.2) is 38.2 Å². The quantitative estimate of drug-likeness (QED) is 0.601. The number of nitrogens with zero attached hydrogens (tertiary/aromatic N) is 3. The highest BCUT2D eigenvalue weighted by atomic mass is 35.5. The van der Waals surface area contributed by atoms with Crippen molar-refractivity contribution in [1.29, 1.82) is 0 Å². The highest BCUT2D eigenvalue weighted by Gasteiger charge is 2.16. The Morgan fingerprint density at radius 3 is 2.62 bits per heavy atom. The fourth-order valence-corrected chi connectivity index (χ4v) is 3.65. The molecule has 0 saturated heterocycles. The van der Waals surface area contributed by atoms with Crippen LogP contribution in [0.4, 0.5) is 0 Å². The van der Waals surface area contributed by atoms with Crippen LogP contribution in [0.3, 0.4) is 0 Å². The summed E-state index contributed by atoms with van der Waals surface area (Å²) in [5, 5.41) is 11.3. The van der Waals surface area contributed by atoms with Crippen LogP contribution in [0.1, 0.15) is 29.8 Å². The Labute approximate surface area is 163 Å². The SMILES string of the molecule is CNC(C)Cc1noc(-c2ccccc2SCc2c(C)noc2C)n1.Cl. The molecule has 26 heavy (non-hydrogen) atoms. The summed E-state index contributed by atoms with van der Waals surface area (Å²) >= 11 is 1.72. The summed E-state index contributed by atoms with van der Waals surface area (Å²) in [4.78, 5) is 5.64. The van der Waals surface area contributed by atoms with Gasteiger partial charge in [0.1, 0.15) is 5.76 Å². The predicted molar refractivity (Wildman–Crippen MR) is 105 cm³/mol. The third-order valence-corrected chi connectivity index (χ3v) is 5.22. The van der Waals surface area contributed by atoms with Crippen LogP contribution in [0, 0.1) is 13.8 Å². The van der Waals surface area contributed by atoms with Crippen molar-refractivity contribution in [3.05, 3.63) is 47.1 Å². The van der Waals surface area contributed by atoms with Gasteiger partial charge >= 0.3 is 0 Å². The minimum absolute atomic E-state index is 0. The first kappa shape index (κ1) is 20.5. The van der Waals surface area contributed by atoms with Gasteiger partial charge in [0.25, 0.3) is 5.89 Å². The van der Waals surface area contributed by atoms with E-state index in [0.29, 0.717) is 17.8 Å². The summed E-state index contributed by atoms with van der Waals surface area (Å²) in [7, 11) is 1.92. The van der Waals surface area contributed by atoms with Crippen molar-refractivity contribution in [2.75, 3.05) is 7.05 Å². The van der Waals surface area contributed by atoms with Crippen LogP contribution in [0.25, 0.3) is 11.5 Å². The number of aromatic nitrogens is 3. The van der Waals surface area contributed by atoms with Crippen molar-refractivity contribution in [3.8, 4) is 11.5 Å². The van der Waals surface area contributed by atoms with Gasteiger partial charge in [0.15, 0.2) is 5.82 Å². The fourth-order valence-electron chi connectivity index (χ4n) is 2.45. The summed E-state index contributed by atoms with van der Waals surface area (Å²) in [6.07, 6.45) is 0.731. The molecule has 0 aliphatic rings. The summed E-state index contributed by atoms with van der Waals surface area (Å²) in [5.74, 6) is 2.92. The molecule has 0 saturated carbocycles. The fraction of sp³-hybridized carbons (Fsp3) is 0.389. The van der Waals surface area contributed by atoms with Gasteiger partial charge in [-0.05, 0) is 40.0 Å². The highest BCUT2D eigenvalue weighted by molar-refractivity contribution is 7.98. The van der Waals surface area contributed by atoms with Gasteiger partial charge in [0.2, 0.25) is 0 Å². The first-order valence-electron chi connectivity index (χ1n) is 8.22. The molecule has 140 valence electrons. The maximum atomic E-state index is 5.49. The zero-order valence-corrected chi connectivity index (χ0v) is 16.9. The molecule has 1 aromatic carbocycles. The molecule has 0 amide bonds. The minimum atomic E-state index is 0. The minimum Gasteiger partial charge on any atom is -0.361 e. The molecule has 0 bridgehead atoms. The van der Waals surface area contributed by atoms with Crippen molar-refractivity contribution < 1.29 is 9.05 Å². The number of nitrogens with one attached hydrogen (secondary N) is 1. The topological polar surface area (TPSA) is 77.0 Å². The van der Waals surface area contributed by atoms with Crippen LogP contribution in [-0.4, -0.2) is 28.4 Å². The van der Waals surface area contributed by atoms with Crippen molar-refractivity contribution in [2.24, 2.45) is 0 Å². The van der Waals surface area contributed by atoms with Crippen molar-refractivity contribution in [3.63, 3.8) is 0 Å². The van der Waals surface area contributed by atoms with Gasteiger partial charge in [-0.25, -0.2) is 0 Å². The standard InChI is InChI=1S/C18H22N4O2S.ClH/c1-11(19-4)9-17-20-18(24-22-17)14-7-5-6-8-16(14)25-10-15-12(2)21-23-13(15)3;/h5-8,11,19H,9-10H2,1-4H3;1H. The Balaban J connectivity index is 0.00000243. The lowest BCUT2D eigenvalue weighted by atomic mass is 10.2. The molecular formula is C18H23ClN4O2S. The molecule has 1 unspecified atom stereocenters. The van der Waals surface area contributed by atoms with Crippen LogP contribution in [0.2, 0.25) is 0 Å². The van der Waals surface area contributed by atoms with Crippen LogP contribution in [-0.2, 0) is 12.2 Å². The molecule has 8 heteroatoms. The highest BCUT2D eigenvalue weighted by Crippen LogP contribution is 2.33. The second-order valence-corrected chi connectivity index (χ2v) is 7.01. The van der Waals surface area contributed by atoms with E-state index in [0.717, 1.165) is 39.7 Å². The zero-order chi connectivity index (χ0) is 17.8. The van der Waals surface area contributed by atoms with Crippen molar-refractivity contribution in [1.82, 2.24) is 20.6 Å². The van der Waals surface area contributed by atoms with Gasteiger partial charge in [0, 0.05) is 28.7 Å². The largest absolute Gasteiger partial charge is 0.361 e. The molecule has 0 aliphatic heterocycles. The molecule has 6 nitrogen and oxygen atoms in total. The molecule has 2 heterocycles. The van der Waals surface area contributed by atoms with E-state index in [1.807, 2.05) is 39.1 Å². The number of aryl methyl sites for hydroxylation is 2. The molecule has 0 radical (unpaired) electrons. The van der Waals surface area contributed by atoms with E-state index in [-0.39, 0.29) is 12.4 Å². The van der Waals surface area contributed by atoms with E-state index in [1.54, 1.807) is 11.8 Å². The van der Waals surface area contributed by atoms with Crippen molar-refractivity contribution >= 4 is 24.2 Å². The van der Waals surface area contributed by atoms with E-state index >= 15 is 0 Å². The van der Waals surface area contributed by atoms with E-state index in [9.17, 15) is 0 Å². The number of hydrogen-bond acceptors (Lipinski definition) is 7. The van der Waals surface area contributed by atoms with Gasteiger partial charge in [-0.2, -0.15) is 4.98 Å². The summed E-state index contributed by atoms with van der Waals surface area (Å²) in [5.41, 5.74) is 3.02. The Bertz CT molecular complexity index is 830. The third-order valence-electron chi connectivity index (χ3n) is 4.12. The van der Waals surface area contributed by atoms with Crippen molar-refractivity contribution in [2.45, 2.75) is 43.9 Å². The molecule has 0 aliphatic carbocycles. The van der Waals surface area contributed by atoms with E-state index in [4.69, 9.17) is 9.05 Å². The van der Waals surface area contributed by atoms with Gasteiger partial charge in [-0.15, -0.1) is 24.2 Å². The van der Waals surface area contributed by atoms with Gasteiger partial charge < -0.3 is 14.4 Å². The summed E-state index contributed by atoms with van der Waals surface area (Å²) < 4.78 is 10.7. The zero-order valence-electron chi connectivity index (χ0n) is 15.3. The van der Waals surface area contributed by atoms with Gasteiger partial charge in [0.05, 0.1) is 11.3 Å². The number of rotatable bonds is 7. The lowest BCUT2D eigenvalue weighted by molar-refractivity contribution is 0.392. The number of thioether (sulfide) groups is 1. The average molecular weight is 395 g/mol. The molecule has 1 atom stereocenters. The molecule has 1 N–H and O–H groups in total. The van der Waals surface area contributed by atoms with E-state index < -0.39 is 0 Å². The first-order valence-corrected chi connectivity index (χ1v) is 9.20. The number of likely N-dealkylation sites (N-methyl/N-ethyl adjacent to an activating group) is 1. The van der Waals surface area contributed by atoms with Gasteiger partial charge in [-0.1, -0.05) is 22.4 Å². The Morgan fingerprint density at radius 2 is 1.92 bits per heavy atom. The maximum absolute atomic E-state index is 5.49. The lowest BCUT2D eigenvalue weighted by Crippen LogP contribution is -2.24. The average Bonchev–Trinajstić information content (AvgIpc) is 3.20. The first-order chi connectivity index (χ1) is 12.1. The molecule has 3 rings (SSSR count). The van der Waals surface area contributed by atoms with E-state index in [2.05, 4.69) is 33.6 Å². The summed E-state index contributed by atoms with van der Waals surface area (Å²) in [6.45, 7) is 5.99. The maximum Gasteiger partial charge on any atom is 0.259 e. The monoisotopic (exact) mass is 394 g/mol. The molecule has 0 fully saturated rings. The van der Waals surface area contributed by atoms with Gasteiger partial charge in [-0.3, -0.25) is 0 Å². The number of benzene rings is 1. The van der Waals surface area contributed by atoms with Crippen LogP contribution >= 0.6 is 24.2 Å². The Morgan fingerprint density at radius 1 is 1.15 bits per heavy atom. The second-order valence-electron chi connectivity index (χ2n) is 6.00. The van der Waals surface area contributed by atoms with Crippen LogP contribution < -0.4 is 5.32 Å². The molecule has 0 spiro atoms. The molecule has 3 aromatic rings. The second kappa shape index (κ2) is 9.21. The van der Waals surface area contributed by atoms with Crippen LogP contribution in [0.5, 0.6) is 0 Å². The van der Waals surface area contributed by atoms with E-state index in [1.165, 1.54) is 0 Å². The molecule has 2 aromatic heterocycles. The smallest absolute Gasteiger partial charge is 0.259 e. The lowest BCUT2D eigenvalue weighted by Gasteiger charge is -2.06. The third kappa shape index (κ3) is 4.66. The molecular weight excluding hydrogens is 372 g/mol. The number of hydrogen-bond donors (Lipinski definition) is 1. The summed E-state index contributed by atoms with van der Waals surface area (Å²) in [6, 6.07) is 8.37.